The molecular formula is C112H118N2. The minimum atomic E-state index is -0.0143. The average molecular weight is 1490 g/mol. The van der Waals surface area contributed by atoms with Crippen LogP contribution in [0.2, 0.25) is 0 Å². The molecule has 0 heterocycles. The zero-order valence-corrected chi connectivity index (χ0v) is 69.4. The van der Waals surface area contributed by atoms with Crippen LogP contribution in [0.25, 0.3) is 100 Å². The summed E-state index contributed by atoms with van der Waals surface area (Å²) in [6.07, 6.45) is 30.5. The van der Waals surface area contributed by atoms with Gasteiger partial charge in [-0.3, -0.25) is 0 Å². The maximum Gasteiger partial charge on any atom is 0.0414 e. The fourth-order valence-corrected chi connectivity index (χ4v) is 19.5. The van der Waals surface area contributed by atoms with Gasteiger partial charge in [0, 0.05) is 47.7 Å². The van der Waals surface area contributed by atoms with E-state index in [0.717, 1.165) is 5.69 Å². The van der Waals surface area contributed by atoms with Gasteiger partial charge in [-0.25, -0.2) is 0 Å². The number of nitrogens with zero attached hydrogens (tertiary/aromatic N) is 2. The van der Waals surface area contributed by atoms with Crippen LogP contribution in [0.5, 0.6) is 0 Å². The van der Waals surface area contributed by atoms with Gasteiger partial charge in [0.2, 0.25) is 0 Å². The predicted octanol–water partition coefficient (Wildman–Crippen LogP) is 31.8. The van der Waals surface area contributed by atoms with Gasteiger partial charge in [-0.2, -0.15) is 0 Å². The highest BCUT2D eigenvalue weighted by Crippen LogP contribution is 2.59. The van der Waals surface area contributed by atoms with E-state index in [1.165, 1.54) is 305 Å². The molecule has 0 saturated carbocycles. The van der Waals surface area contributed by atoms with Crippen molar-refractivity contribution in [3.05, 3.63) is 335 Å². The molecular weight excluding hydrogens is 1370 g/mol. The molecule has 13 aromatic carbocycles. The second-order valence-electron chi connectivity index (χ2n) is 34.1. The van der Waals surface area contributed by atoms with Crippen molar-refractivity contribution in [2.75, 3.05) is 23.9 Å². The molecule has 0 N–H and O–H groups in total. The monoisotopic (exact) mass is 1490 g/mol. The molecule has 0 bridgehead atoms. The summed E-state index contributed by atoms with van der Waals surface area (Å²) >= 11 is 0. The molecule has 576 valence electrons. The first kappa shape index (κ1) is 77.4. The highest BCUT2D eigenvalue weighted by atomic mass is 15.1. The van der Waals surface area contributed by atoms with E-state index in [1.807, 2.05) is 0 Å². The van der Waals surface area contributed by atoms with Crippen molar-refractivity contribution in [2.45, 2.75) is 206 Å². The molecule has 4 aliphatic carbocycles. The van der Waals surface area contributed by atoms with Gasteiger partial charge < -0.3 is 9.80 Å². The van der Waals surface area contributed by atoms with Crippen LogP contribution in [-0.4, -0.2) is 14.1 Å². The van der Waals surface area contributed by atoms with E-state index in [1.54, 1.807) is 22.3 Å². The number of rotatable bonds is 31. The third-order valence-electron chi connectivity index (χ3n) is 26.5. The third-order valence-corrected chi connectivity index (χ3v) is 26.5. The van der Waals surface area contributed by atoms with Crippen molar-refractivity contribution in [3.63, 3.8) is 0 Å². The van der Waals surface area contributed by atoms with Crippen molar-refractivity contribution in [1.29, 1.82) is 0 Å². The standard InChI is InChI=1S/C66H81N.C46H37N/c1-7-11-15-19-38-65(39-20-16-12-8-2)61-42-48(5)26-34-57(61)58-35-31-53(45-62(58)65)54-32-36-59-60-37-33-56(67(6)55-25-23-24-50(44-55)52-30-28-49-27-29-51(49)43-52)47-64(60)66(63(59)46-54,40-21-17-13-9-3)41-22-18-14-10-4;1-32-14-16-35(17-15-32)42-28-43(30-44(29-42)38-11-6-10-37(26-38)33-8-4-3-5-9-33)36-22-24-45(25-23-36)47(2)46-13-7-12-39(31-46)41-21-19-34-18-20-40(34)27-41/h23-26,28,30-37,42-47H,7-22,27,29,38-41H2,1-6H3;3-17,19,21-31H,18,20H2,1-2H3. The van der Waals surface area contributed by atoms with Crippen LogP contribution in [0.4, 0.5) is 22.7 Å². The second-order valence-corrected chi connectivity index (χ2v) is 34.1. The zero-order chi connectivity index (χ0) is 78.1. The molecule has 0 atom stereocenters. The number of unbranched alkanes of at least 4 members (excludes halogenated alkanes) is 12. The normalized spacial score (nSPS) is 13.4. The van der Waals surface area contributed by atoms with E-state index in [2.05, 4.69) is 344 Å². The highest BCUT2D eigenvalue weighted by Gasteiger charge is 2.45. The van der Waals surface area contributed by atoms with Crippen molar-refractivity contribution in [3.8, 4) is 100 Å². The fourth-order valence-electron chi connectivity index (χ4n) is 19.5. The lowest BCUT2D eigenvalue weighted by molar-refractivity contribution is 0.400. The molecule has 17 rings (SSSR count). The Balaban J connectivity index is 0.000000182. The van der Waals surface area contributed by atoms with E-state index in [-0.39, 0.29) is 10.8 Å². The van der Waals surface area contributed by atoms with Crippen LogP contribution in [0.15, 0.2) is 279 Å². The van der Waals surface area contributed by atoms with Crippen LogP contribution in [0.3, 0.4) is 0 Å². The third kappa shape index (κ3) is 16.2. The van der Waals surface area contributed by atoms with Crippen LogP contribution in [0.1, 0.15) is 212 Å². The first-order valence-electron chi connectivity index (χ1n) is 43.9. The lowest BCUT2D eigenvalue weighted by atomic mass is 9.69. The van der Waals surface area contributed by atoms with Crippen LogP contribution in [-0.2, 0) is 36.5 Å². The molecule has 114 heavy (non-hydrogen) atoms. The maximum atomic E-state index is 2.69. The summed E-state index contributed by atoms with van der Waals surface area (Å²) < 4.78 is 0. The number of anilines is 4. The van der Waals surface area contributed by atoms with Crippen molar-refractivity contribution < 1.29 is 0 Å². The Labute approximate surface area is 683 Å². The molecule has 0 amide bonds. The molecule has 0 unspecified atom stereocenters. The lowest BCUT2D eigenvalue weighted by Gasteiger charge is -2.34. The molecule has 0 spiro atoms. The Morgan fingerprint density at radius 1 is 0.219 bits per heavy atom. The van der Waals surface area contributed by atoms with Crippen molar-refractivity contribution >= 4 is 22.7 Å². The van der Waals surface area contributed by atoms with Gasteiger partial charge in [-0.15, -0.1) is 0 Å². The first-order chi connectivity index (χ1) is 55.9. The summed E-state index contributed by atoms with van der Waals surface area (Å²) in [5, 5.41) is 0. The fraction of sp³-hybridized carbons (Fsp3) is 0.304. The zero-order valence-electron chi connectivity index (χ0n) is 69.4. The molecule has 0 radical (unpaired) electrons. The van der Waals surface area contributed by atoms with Gasteiger partial charge in [0.05, 0.1) is 0 Å². The summed E-state index contributed by atoms with van der Waals surface area (Å²) in [6.45, 7) is 13.9. The smallest absolute Gasteiger partial charge is 0.0414 e. The summed E-state index contributed by atoms with van der Waals surface area (Å²) in [7, 11) is 4.44. The SMILES string of the molecule is CCCCCCC1(CCCCCC)c2cc(C)ccc2-c2ccc(-c3ccc4c(c3)C(CCCCCC)(CCCCCC)c3cc(N(C)c5cccc(-c6ccc7c(c6)CC7)c5)ccc3-4)cc21.Cc1ccc(-c2cc(-c3ccc(N(C)c4cccc(-c5ccc6c(c5)CC6)c4)cc3)cc(-c3cccc(-c4ccccc4)c3)c2)cc1. The minimum absolute atomic E-state index is 0.0143. The number of aryl methyl sites for hydroxylation is 6. The van der Waals surface area contributed by atoms with Gasteiger partial charge in [-0.1, -0.05) is 336 Å². The summed E-state index contributed by atoms with van der Waals surface area (Å²) in [5.74, 6) is 0. The van der Waals surface area contributed by atoms with Crippen molar-refractivity contribution in [2.24, 2.45) is 0 Å². The summed E-state index contributed by atoms with van der Waals surface area (Å²) in [5.41, 5.74) is 43.6. The molecule has 13 aromatic rings. The second kappa shape index (κ2) is 35.1. The lowest BCUT2D eigenvalue weighted by Crippen LogP contribution is -2.26. The Bertz CT molecular complexity index is 5490. The number of hydrogen-bond acceptors (Lipinski definition) is 2. The topological polar surface area (TPSA) is 6.48 Å². The van der Waals surface area contributed by atoms with Gasteiger partial charge in [-0.05, 0) is 295 Å². The van der Waals surface area contributed by atoms with Gasteiger partial charge in [0.15, 0.2) is 0 Å². The number of hydrogen-bond donors (Lipinski definition) is 0. The van der Waals surface area contributed by atoms with E-state index in [9.17, 15) is 0 Å². The van der Waals surface area contributed by atoms with Crippen LogP contribution < -0.4 is 9.80 Å². The average Bonchev–Trinajstić information content (AvgIpc) is 1.56. The Hall–Kier alpha value is -10.5. The van der Waals surface area contributed by atoms with Gasteiger partial charge >= 0.3 is 0 Å². The Morgan fingerprint density at radius 2 is 0.526 bits per heavy atom. The molecule has 0 fully saturated rings. The molecule has 0 aliphatic heterocycles. The molecule has 0 saturated heterocycles. The number of benzene rings is 13. The largest absolute Gasteiger partial charge is 0.345 e. The van der Waals surface area contributed by atoms with E-state index >= 15 is 0 Å². The minimum Gasteiger partial charge on any atom is -0.345 e. The van der Waals surface area contributed by atoms with Gasteiger partial charge in [0.1, 0.15) is 0 Å². The van der Waals surface area contributed by atoms with Gasteiger partial charge in [0.25, 0.3) is 0 Å². The molecule has 4 aliphatic rings. The quantitative estimate of drug-likeness (QED) is 0.0400. The molecule has 2 heteroatoms. The Morgan fingerprint density at radius 3 is 0.982 bits per heavy atom. The van der Waals surface area contributed by atoms with Crippen LogP contribution in [0, 0.1) is 13.8 Å². The number of fused-ring (bicyclic) bond motifs is 8. The van der Waals surface area contributed by atoms with Crippen molar-refractivity contribution in [1.82, 2.24) is 0 Å². The summed E-state index contributed by atoms with van der Waals surface area (Å²) in [6, 6.07) is 107. The molecule has 2 nitrogen and oxygen atoms in total. The van der Waals surface area contributed by atoms with E-state index in [4.69, 9.17) is 0 Å². The summed E-state index contributed by atoms with van der Waals surface area (Å²) in [4.78, 5) is 4.72. The van der Waals surface area contributed by atoms with Crippen LogP contribution >= 0.6 is 0 Å². The highest BCUT2D eigenvalue weighted by molar-refractivity contribution is 5.90. The Kier molecular flexibility index (Phi) is 23.8. The first-order valence-corrected chi connectivity index (χ1v) is 43.9. The van der Waals surface area contributed by atoms with E-state index in [0.29, 0.717) is 0 Å². The molecule has 0 aromatic heterocycles. The van der Waals surface area contributed by atoms with E-state index < -0.39 is 0 Å². The maximum absolute atomic E-state index is 2.69. The predicted molar refractivity (Wildman–Crippen MR) is 492 cm³/mol.